The third-order valence-electron chi connectivity index (χ3n) is 1.61. The van der Waals surface area contributed by atoms with Crippen molar-refractivity contribution in [1.29, 1.82) is 0 Å². The molecule has 2 N–H and O–H groups in total. The van der Waals surface area contributed by atoms with E-state index in [2.05, 4.69) is 12.6 Å². The van der Waals surface area contributed by atoms with Crippen molar-refractivity contribution in [2.45, 2.75) is 32.1 Å². The first-order valence-corrected chi connectivity index (χ1v) is 6.65. The Hall–Kier alpha value is 0.500. The van der Waals surface area contributed by atoms with Gasteiger partial charge in [0.25, 0.3) is 0 Å². The minimum Gasteiger partial charge on any atom is -0.324 e. The lowest BCUT2D eigenvalue weighted by Gasteiger charge is -2.02. The molecule has 0 radical (unpaired) electrons. The van der Waals surface area contributed by atoms with Crippen LogP contribution in [0.25, 0.3) is 0 Å². The first-order valence-electron chi connectivity index (χ1n) is 4.22. The van der Waals surface area contributed by atoms with Gasteiger partial charge in [0.05, 0.1) is 0 Å². The van der Waals surface area contributed by atoms with E-state index < -0.39 is 7.60 Å². The smallest absolute Gasteiger partial charge is 0.324 e. The Morgan fingerprint density at radius 3 is 2.00 bits per heavy atom. The van der Waals surface area contributed by atoms with Crippen molar-refractivity contribution < 1.29 is 14.4 Å². The highest BCUT2D eigenvalue weighted by Crippen LogP contribution is 2.35. The molecule has 74 valence electrons. The normalized spacial score (nSPS) is 11.9. The molecule has 3 nitrogen and oxygen atoms in total. The summed E-state index contributed by atoms with van der Waals surface area (Å²) in [5.74, 6) is 0.901. The molecule has 0 spiro atoms. The fraction of sp³-hybridized carbons (Fsp3) is 1.00. The molecule has 0 aromatic heterocycles. The van der Waals surface area contributed by atoms with Crippen molar-refractivity contribution >= 4 is 20.2 Å². The molecule has 0 fully saturated rings. The van der Waals surface area contributed by atoms with E-state index in [1.165, 1.54) is 0 Å². The number of rotatable bonds is 7. The molecule has 0 amide bonds. The molecule has 0 atom stereocenters. The number of hydrogen-bond acceptors (Lipinski definition) is 2. The van der Waals surface area contributed by atoms with E-state index in [0.29, 0.717) is 6.42 Å². The summed E-state index contributed by atoms with van der Waals surface area (Å²) in [6.07, 6.45) is 4.86. The van der Waals surface area contributed by atoms with Crippen LogP contribution in [0.4, 0.5) is 0 Å². The first-order chi connectivity index (χ1) is 5.56. The van der Waals surface area contributed by atoms with Crippen molar-refractivity contribution in [3.05, 3.63) is 0 Å². The van der Waals surface area contributed by atoms with Crippen LogP contribution in [0.15, 0.2) is 0 Å². The van der Waals surface area contributed by atoms with E-state index in [1.807, 2.05) is 0 Å². The second-order valence-electron chi connectivity index (χ2n) is 2.88. The lowest BCUT2D eigenvalue weighted by Crippen LogP contribution is -1.88. The van der Waals surface area contributed by atoms with Crippen LogP contribution in [0.5, 0.6) is 0 Å². The second kappa shape index (κ2) is 6.96. The van der Waals surface area contributed by atoms with E-state index in [1.54, 1.807) is 0 Å². The number of thiol groups is 1. The first kappa shape index (κ1) is 12.5. The van der Waals surface area contributed by atoms with Crippen molar-refractivity contribution in [3.63, 3.8) is 0 Å². The second-order valence-corrected chi connectivity index (χ2v) is 5.10. The standard InChI is InChI=1S/C7H17O3PS/c8-11(9,10)6-4-2-1-3-5-7-12/h12H,1-7H2,(H2,8,9,10). The Kier molecular flexibility index (Phi) is 7.25. The average Bonchev–Trinajstić information content (AvgIpc) is 1.94. The van der Waals surface area contributed by atoms with E-state index in [9.17, 15) is 4.57 Å². The van der Waals surface area contributed by atoms with Crippen molar-refractivity contribution in [2.24, 2.45) is 0 Å². The van der Waals surface area contributed by atoms with Gasteiger partial charge in [-0.25, -0.2) is 0 Å². The van der Waals surface area contributed by atoms with Crippen LogP contribution in [0, 0.1) is 0 Å². The van der Waals surface area contributed by atoms with E-state index in [0.717, 1.165) is 31.4 Å². The van der Waals surface area contributed by atoms with Gasteiger partial charge in [-0.3, -0.25) is 4.57 Å². The number of hydrogen-bond donors (Lipinski definition) is 3. The summed E-state index contributed by atoms with van der Waals surface area (Å²) in [4.78, 5) is 17.0. The summed E-state index contributed by atoms with van der Waals surface area (Å²) in [5, 5.41) is 0. The molecule has 0 heterocycles. The van der Waals surface area contributed by atoms with E-state index in [-0.39, 0.29) is 6.16 Å². The van der Waals surface area contributed by atoms with Gasteiger partial charge in [0.15, 0.2) is 0 Å². The SMILES string of the molecule is O=P(O)(O)CCCCCCCS. The molecule has 0 aliphatic rings. The minimum atomic E-state index is -3.74. The van der Waals surface area contributed by atoms with E-state index in [4.69, 9.17) is 9.79 Å². The maximum atomic E-state index is 10.4. The van der Waals surface area contributed by atoms with Gasteiger partial charge in [-0.1, -0.05) is 19.3 Å². The monoisotopic (exact) mass is 212 g/mol. The maximum absolute atomic E-state index is 10.4. The van der Waals surface area contributed by atoms with E-state index >= 15 is 0 Å². The topological polar surface area (TPSA) is 57.5 Å². The van der Waals surface area contributed by atoms with Gasteiger partial charge in [-0.2, -0.15) is 12.6 Å². The predicted octanol–water partition coefficient (Wildman–Crippen LogP) is 2.04. The molecular formula is C7H17O3PS. The summed E-state index contributed by atoms with van der Waals surface area (Å²) < 4.78 is 10.4. The molecule has 0 unspecified atom stereocenters. The molecule has 12 heavy (non-hydrogen) atoms. The lowest BCUT2D eigenvalue weighted by atomic mass is 10.2. The molecule has 5 heteroatoms. The fourth-order valence-corrected chi connectivity index (χ4v) is 1.82. The highest BCUT2D eigenvalue weighted by Gasteiger charge is 2.10. The number of unbranched alkanes of at least 4 members (excludes halogenated alkanes) is 4. The molecule has 0 aliphatic carbocycles. The Labute approximate surface area is 79.1 Å². The van der Waals surface area contributed by atoms with Gasteiger partial charge in [0.2, 0.25) is 0 Å². The Morgan fingerprint density at radius 1 is 1.00 bits per heavy atom. The third kappa shape index (κ3) is 10.5. The van der Waals surface area contributed by atoms with Crippen molar-refractivity contribution in [1.82, 2.24) is 0 Å². The van der Waals surface area contributed by atoms with Gasteiger partial charge < -0.3 is 9.79 Å². The summed E-state index contributed by atoms with van der Waals surface area (Å²) in [7, 11) is -3.74. The Morgan fingerprint density at radius 2 is 1.50 bits per heavy atom. The quantitative estimate of drug-likeness (QED) is 0.344. The molecule has 0 bridgehead atoms. The predicted molar refractivity (Wildman–Crippen MR) is 53.8 cm³/mol. The molecule has 0 saturated carbocycles. The van der Waals surface area contributed by atoms with Crippen LogP contribution < -0.4 is 0 Å². The van der Waals surface area contributed by atoms with Crippen LogP contribution in [-0.4, -0.2) is 21.7 Å². The molecule has 0 saturated heterocycles. The van der Waals surface area contributed by atoms with Gasteiger partial charge >= 0.3 is 7.60 Å². The lowest BCUT2D eigenvalue weighted by molar-refractivity contribution is 0.370. The highest BCUT2D eigenvalue weighted by molar-refractivity contribution is 7.80. The largest absolute Gasteiger partial charge is 0.325 e. The van der Waals surface area contributed by atoms with Crippen LogP contribution in [-0.2, 0) is 4.57 Å². The van der Waals surface area contributed by atoms with Gasteiger partial charge in [0.1, 0.15) is 0 Å². The van der Waals surface area contributed by atoms with Crippen LogP contribution in [0.3, 0.4) is 0 Å². The third-order valence-corrected chi connectivity index (χ3v) is 2.82. The zero-order chi connectivity index (χ0) is 9.45. The van der Waals surface area contributed by atoms with Crippen LogP contribution in [0.1, 0.15) is 32.1 Å². The van der Waals surface area contributed by atoms with Gasteiger partial charge in [0, 0.05) is 6.16 Å². The van der Waals surface area contributed by atoms with Crippen molar-refractivity contribution in [2.75, 3.05) is 11.9 Å². The zero-order valence-electron chi connectivity index (χ0n) is 7.15. The summed E-state index contributed by atoms with van der Waals surface area (Å²) >= 11 is 4.07. The van der Waals surface area contributed by atoms with Gasteiger partial charge in [-0.15, -0.1) is 0 Å². The van der Waals surface area contributed by atoms with Crippen molar-refractivity contribution in [3.8, 4) is 0 Å². The van der Waals surface area contributed by atoms with Gasteiger partial charge in [-0.05, 0) is 18.6 Å². The zero-order valence-corrected chi connectivity index (χ0v) is 8.94. The summed E-state index contributed by atoms with van der Waals surface area (Å²) in [6, 6.07) is 0. The average molecular weight is 212 g/mol. The molecular weight excluding hydrogens is 195 g/mol. The summed E-state index contributed by atoms with van der Waals surface area (Å²) in [6.45, 7) is 0. The van der Waals surface area contributed by atoms with Crippen LogP contribution >= 0.6 is 20.2 Å². The molecule has 0 rings (SSSR count). The maximum Gasteiger partial charge on any atom is 0.325 e. The Bertz CT molecular complexity index is 146. The molecule has 0 aromatic rings. The fourth-order valence-electron chi connectivity index (χ4n) is 0.960. The minimum absolute atomic E-state index is 0.0356. The Balaban J connectivity index is 3.06. The molecule has 0 aromatic carbocycles. The van der Waals surface area contributed by atoms with Crippen LogP contribution in [0.2, 0.25) is 0 Å². The molecule has 0 aliphatic heterocycles. The highest BCUT2D eigenvalue weighted by atomic mass is 32.1. The summed E-state index contributed by atoms with van der Waals surface area (Å²) in [5.41, 5.74) is 0.